The Bertz CT molecular complexity index is 97.5. The van der Waals surface area contributed by atoms with Gasteiger partial charge in [0.05, 0.1) is 0 Å². The maximum Gasteiger partial charge on any atom is 0.134 e. The van der Waals surface area contributed by atoms with Gasteiger partial charge in [0.15, 0.2) is 0 Å². The summed E-state index contributed by atoms with van der Waals surface area (Å²) < 4.78 is 10.8. The van der Waals surface area contributed by atoms with E-state index < -0.39 is 0 Å². The SMILES string of the molecule is CCCCCOC([Si])OCCCCC. The van der Waals surface area contributed by atoms with Gasteiger partial charge in [0, 0.05) is 13.2 Å². The Balaban J connectivity index is 3.07. The van der Waals surface area contributed by atoms with Gasteiger partial charge in [-0.05, 0) is 12.8 Å². The first-order valence-corrected chi connectivity index (χ1v) is 6.33. The molecule has 14 heavy (non-hydrogen) atoms. The van der Waals surface area contributed by atoms with Crippen LogP contribution in [0.2, 0.25) is 0 Å². The van der Waals surface area contributed by atoms with Crippen LogP contribution in [0.5, 0.6) is 0 Å². The fraction of sp³-hybridized carbons (Fsp3) is 1.00. The van der Waals surface area contributed by atoms with Gasteiger partial charge in [0.2, 0.25) is 0 Å². The number of hydrogen-bond donors (Lipinski definition) is 0. The van der Waals surface area contributed by atoms with Crippen molar-refractivity contribution in [3.63, 3.8) is 0 Å². The minimum Gasteiger partial charge on any atom is -0.357 e. The van der Waals surface area contributed by atoms with E-state index in [-0.39, 0.29) is 5.91 Å². The largest absolute Gasteiger partial charge is 0.357 e. The first-order chi connectivity index (χ1) is 6.81. The zero-order valence-corrected chi connectivity index (χ0v) is 10.6. The lowest BCUT2D eigenvalue weighted by molar-refractivity contribution is -0.0899. The van der Waals surface area contributed by atoms with Gasteiger partial charge in [-0.3, -0.25) is 0 Å². The summed E-state index contributed by atoms with van der Waals surface area (Å²) in [4.78, 5) is 0. The van der Waals surface area contributed by atoms with Crippen molar-refractivity contribution >= 4 is 10.2 Å². The van der Waals surface area contributed by atoms with Gasteiger partial charge in [-0.15, -0.1) is 0 Å². The molecule has 0 saturated heterocycles. The molecule has 0 aliphatic rings. The molecular weight excluding hydrogens is 192 g/mol. The average molecular weight is 215 g/mol. The van der Waals surface area contributed by atoms with Crippen LogP contribution in [-0.4, -0.2) is 29.4 Å². The van der Waals surface area contributed by atoms with Crippen molar-refractivity contribution in [3.05, 3.63) is 0 Å². The molecule has 0 heterocycles. The third-order valence-electron chi connectivity index (χ3n) is 2.03. The maximum atomic E-state index is 5.42. The molecule has 0 N–H and O–H groups in total. The van der Waals surface area contributed by atoms with Gasteiger partial charge in [-0.2, -0.15) is 0 Å². The van der Waals surface area contributed by atoms with Crippen molar-refractivity contribution in [2.75, 3.05) is 13.2 Å². The van der Waals surface area contributed by atoms with Crippen molar-refractivity contribution < 1.29 is 9.47 Å². The molecule has 0 unspecified atom stereocenters. The summed E-state index contributed by atoms with van der Waals surface area (Å²) in [5.41, 5.74) is 0. The molecule has 0 atom stereocenters. The van der Waals surface area contributed by atoms with E-state index in [0.29, 0.717) is 0 Å². The summed E-state index contributed by atoms with van der Waals surface area (Å²) in [6.07, 6.45) is 7.16. The van der Waals surface area contributed by atoms with Gasteiger partial charge in [-0.25, -0.2) is 0 Å². The monoisotopic (exact) mass is 215 g/mol. The summed E-state index contributed by atoms with van der Waals surface area (Å²) in [6.45, 7) is 5.95. The van der Waals surface area contributed by atoms with Crippen molar-refractivity contribution in [3.8, 4) is 0 Å². The second kappa shape index (κ2) is 11.2. The van der Waals surface area contributed by atoms with E-state index in [1.165, 1.54) is 25.7 Å². The molecule has 0 aliphatic carbocycles. The van der Waals surface area contributed by atoms with Gasteiger partial charge in [0.1, 0.15) is 16.2 Å². The quantitative estimate of drug-likeness (QED) is 0.317. The molecule has 2 nitrogen and oxygen atoms in total. The van der Waals surface area contributed by atoms with E-state index in [2.05, 4.69) is 24.1 Å². The number of hydrogen-bond acceptors (Lipinski definition) is 2. The summed E-state index contributed by atoms with van der Waals surface area (Å²) in [5, 5.41) is 0. The van der Waals surface area contributed by atoms with Crippen molar-refractivity contribution in [1.29, 1.82) is 0 Å². The molecule has 0 aliphatic heterocycles. The van der Waals surface area contributed by atoms with Crippen LogP contribution in [0.1, 0.15) is 52.4 Å². The first kappa shape index (κ1) is 14.1. The summed E-state index contributed by atoms with van der Waals surface area (Å²) in [5.74, 6) is -0.219. The Morgan fingerprint density at radius 2 is 1.29 bits per heavy atom. The van der Waals surface area contributed by atoms with Crippen molar-refractivity contribution in [2.45, 2.75) is 58.3 Å². The Labute approximate surface area is 91.8 Å². The highest BCUT2D eigenvalue weighted by molar-refractivity contribution is 6.10. The fourth-order valence-corrected chi connectivity index (χ4v) is 1.37. The normalized spacial score (nSPS) is 11.1. The molecule has 83 valence electrons. The summed E-state index contributed by atoms with van der Waals surface area (Å²) in [6, 6.07) is 0. The molecule has 0 aromatic heterocycles. The van der Waals surface area contributed by atoms with E-state index in [9.17, 15) is 0 Å². The minimum atomic E-state index is -0.219. The summed E-state index contributed by atoms with van der Waals surface area (Å²) >= 11 is 0. The Kier molecular flexibility index (Phi) is 11.3. The first-order valence-electron chi connectivity index (χ1n) is 5.75. The highest BCUT2D eigenvalue weighted by Crippen LogP contribution is 1.99. The zero-order chi connectivity index (χ0) is 10.6. The molecule has 0 bridgehead atoms. The Morgan fingerprint density at radius 3 is 1.64 bits per heavy atom. The third kappa shape index (κ3) is 10.2. The van der Waals surface area contributed by atoms with Crippen molar-refractivity contribution in [2.24, 2.45) is 0 Å². The predicted molar refractivity (Wildman–Crippen MR) is 60.5 cm³/mol. The Hall–Kier alpha value is 0.137. The average Bonchev–Trinajstić information content (AvgIpc) is 2.19. The lowest BCUT2D eigenvalue weighted by atomic mass is 10.3. The molecule has 0 amide bonds. The topological polar surface area (TPSA) is 18.5 Å². The van der Waals surface area contributed by atoms with Crippen LogP contribution in [-0.2, 0) is 9.47 Å². The van der Waals surface area contributed by atoms with Crippen LogP contribution >= 0.6 is 0 Å². The van der Waals surface area contributed by atoms with Gasteiger partial charge in [0.25, 0.3) is 0 Å². The van der Waals surface area contributed by atoms with Crippen LogP contribution in [0.25, 0.3) is 0 Å². The third-order valence-corrected chi connectivity index (χ3v) is 2.37. The van der Waals surface area contributed by atoms with E-state index in [4.69, 9.17) is 9.47 Å². The highest BCUT2D eigenvalue weighted by atomic mass is 28.1. The number of rotatable bonds is 10. The van der Waals surface area contributed by atoms with E-state index in [0.717, 1.165) is 26.1 Å². The van der Waals surface area contributed by atoms with Crippen molar-refractivity contribution in [1.82, 2.24) is 0 Å². The number of unbranched alkanes of at least 4 members (excludes halogenated alkanes) is 4. The fourth-order valence-electron chi connectivity index (χ4n) is 1.13. The molecule has 0 fully saturated rings. The molecule has 0 aromatic rings. The molecule has 0 rings (SSSR count). The molecule has 3 radical (unpaired) electrons. The van der Waals surface area contributed by atoms with Gasteiger partial charge < -0.3 is 9.47 Å². The molecule has 3 heteroatoms. The minimum absolute atomic E-state index is 0.219. The van der Waals surface area contributed by atoms with Crippen LogP contribution in [0.3, 0.4) is 0 Å². The molecule has 0 saturated carbocycles. The predicted octanol–water partition coefficient (Wildman–Crippen LogP) is 2.85. The van der Waals surface area contributed by atoms with E-state index in [1.54, 1.807) is 0 Å². The van der Waals surface area contributed by atoms with Crippen LogP contribution in [0.15, 0.2) is 0 Å². The van der Waals surface area contributed by atoms with Crippen LogP contribution in [0, 0.1) is 0 Å². The second-order valence-corrected chi connectivity index (χ2v) is 3.96. The lowest BCUT2D eigenvalue weighted by Crippen LogP contribution is -2.18. The standard InChI is InChI=1S/C11H23O2Si/c1-3-5-7-9-12-11(14)13-10-8-6-4-2/h11H,3-10H2,1-2H3. The maximum absolute atomic E-state index is 5.42. The van der Waals surface area contributed by atoms with Gasteiger partial charge >= 0.3 is 0 Å². The highest BCUT2D eigenvalue weighted by Gasteiger charge is 2.00. The molecule has 0 aromatic carbocycles. The Morgan fingerprint density at radius 1 is 0.857 bits per heavy atom. The van der Waals surface area contributed by atoms with Crippen LogP contribution in [0.4, 0.5) is 0 Å². The smallest absolute Gasteiger partial charge is 0.134 e. The van der Waals surface area contributed by atoms with E-state index in [1.807, 2.05) is 0 Å². The zero-order valence-electron chi connectivity index (χ0n) is 9.55. The second-order valence-electron chi connectivity index (χ2n) is 3.49. The van der Waals surface area contributed by atoms with E-state index >= 15 is 0 Å². The van der Waals surface area contributed by atoms with Crippen LogP contribution < -0.4 is 0 Å². The lowest BCUT2D eigenvalue weighted by Gasteiger charge is -2.13. The summed E-state index contributed by atoms with van der Waals surface area (Å²) in [7, 11) is 3.39. The molecule has 0 spiro atoms. The number of ether oxygens (including phenoxy) is 2. The van der Waals surface area contributed by atoms with Gasteiger partial charge in [-0.1, -0.05) is 39.5 Å². The molecular formula is C11H23O2Si.